The van der Waals surface area contributed by atoms with Gasteiger partial charge >= 0.3 is 5.69 Å². The summed E-state index contributed by atoms with van der Waals surface area (Å²) in [5.41, 5.74) is -0.130. The molecule has 0 aliphatic rings. The monoisotopic (exact) mass is 393 g/mol. The Hall–Kier alpha value is -2.95. The van der Waals surface area contributed by atoms with Crippen molar-refractivity contribution in [2.24, 2.45) is 5.10 Å². The molecule has 1 aromatic heterocycles. The van der Waals surface area contributed by atoms with Gasteiger partial charge in [0.1, 0.15) is 5.69 Å². The number of aryl methyl sites for hydroxylation is 1. The quantitative estimate of drug-likeness (QED) is 0.304. The van der Waals surface area contributed by atoms with Crippen molar-refractivity contribution in [3.05, 3.63) is 43.9 Å². The molecule has 0 spiro atoms. The third-order valence-electron chi connectivity index (χ3n) is 3.30. The Morgan fingerprint density at radius 3 is 2.63 bits per heavy atom. The lowest BCUT2D eigenvalue weighted by Gasteiger charge is -2.14. The molecule has 0 amide bonds. The largest absolute Gasteiger partial charge is 0.493 e. The number of aromatic nitrogens is 3. The van der Waals surface area contributed by atoms with E-state index >= 15 is 0 Å². The van der Waals surface area contributed by atoms with Gasteiger partial charge in [0.2, 0.25) is 10.9 Å². The first-order valence-electron chi connectivity index (χ1n) is 7.86. The standard InChI is InChI=1S/C16H19N5O5S/c1-9(2)26-14-12(21(23)24)6-11(7-13(14)25-4)8-17-20-15(22)10(3)18-19-16(20)27-5/h6-9H,1-5H3/b17-8-. The molecule has 1 heterocycles. The molecule has 0 radical (unpaired) electrons. The summed E-state index contributed by atoms with van der Waals surface area (Å²) in [4.78, 5) is 23.1. The van der Waals surface area contributed by atoms with Gasteiger partial charge in [-0.25, -0.2) is 0 Å². The third-order valence-corrected chi connectivity index (χ3v) is 3.92. The minimum atomic E-state index is -0.560. The normalized spacial score (nSPS) is 11.2. The zero-order chi connectivity index (χ0) is 20.1. The molecule has 10 nitrogen and oxygen atoms in total. The molecule has 0 saturated carbocycles. The van der Waals surface area contributed by atoms with E-state index in [-0.39, 0.29) is 29.0 Å². The van der Waals surface area contributed by atoms with Crippen molar-refractivity contribution in [1.82, 2.24) is 14.9 Å². The van der Waals surface area contributed by atoms with Gasteiger partial charge in [0.25, 0.3) is 5.56 Å². The van der Waals surface area contributed by atoms with Gasteiger partial charge in [0.05, 0.1) is 24.4 Å². The Bertz CT molecular complexity index is 942. The van der Waals surface area contributed by atoms with Gasteiger partial charge in [-0.05, 0) is 33.1 Å². The summed E-state index contributed by atoms with van der Waals surface area (Å²) in [5, 5.41) is 23.5. The van der Waals surface area contributed by atoms with E-state index < -0.39 is 10.5 Å². The molecule has 27 heavy (non-hydrogen) atoms. The Labute approximate surface area is 159 Å². The van der Waals surface area contributed by atoms with Crippen LogP contribution in [0.4, 0.5) is 5.69 Å². The maximum atomic E-state index is 12.2. The van der Waals surface area contributed by atoms with E-state index in [1.807, 2.05) is 0 Å². The van der Waals surface area contributed by atoms with Crippen LogP contribution in [0.2, 0.25) is 0 Å². The van der Waals surface area contributed by atoms with Crippen LogP contribution in [0.3, 0.4) is 0 Å². The van der Waals surface area contributed by atoms with Crippen molar-refractivity contribution >= 4 is 23.7 Å². The first-order chi connectivity index (χ1) is 12.8. The molecule has 0 bridgehead atoms. The fourth-order valence-electron chi connectivity index (χ4n) is 2.12. The van der Waals surface area contributed by atoms with Gasteiger partial charge in [0, 0.05) is 11.6 Å². The van der Waals surface area contributed by atoms with Gasteiger partial charge in [-0.3, -0.25) is 14.9 Å². The van der Waals surface area contributed by atoms with Crippen LogP contribution in [-0.4, -0.2) is 45.5 Å². The topological polar surface area (TPSA) is 122 Å². The molecule has 11 heteroatoms. The van der Waals surface area contributed by atoms with Crippen LogP contribution in [0, 0.1) is 17.0 Å². The highest BCUT2D eigenvalue weighted by Gasteiger charge is 2.23. The number of hydrogen-bond donors (Lipinski definition) is 0. The lowest BCUT2D eigenvalue weighted by Crippen LogP contribution is -2.23. The van der Waals surface area contributed by atoms with Crippen LogP contribution < -0.4 is 15.0 Å². The summed E-state index contributed by atoms with van der Waals surface area (Å²) in [6.45, 7) is 5.04. The number of hydrogen-bond acceptors (Lipinski definition) is 9. The zero-order valence-corrected chi connectivity index (χ0v) is 16.3. The molecule has 0 atom stereocenters. The first kappa shape index (κ1) is 20.4. The van der Waals surface area contributed by atoms with Crippen molar-refractivity contribution in [2.45, 2.75) is 32.0 Å². The molecule has 0 aliphatic heterocycles. The summed E-state index contributed by atoms with van der Waals surface area (Å²) >= 11 is 1.20. The second kappa shape index (κ2) is 8.62. The molecule has 0 fully saturated rings. The Kier molecular flexibility index (Phi) is 6.50. The number of benzene rings is 1. The summed E-state index contributed by atoms with van der Waals surface area (Å²) in [6.07, 6.45) is 2.78. The molecule has 2 aromatic rings. The van der Waals surface area contributed by atoms with E-state index in [1.54, 1.807) is 26.2 Å². The van der Waals surface area contributed by atoms with Gasteiger partial charge < -0.3 is 9.47 Å². The minimum absolute atomic E-state index is 0.0399. The van der Waals surface area contributed by atoms with E-state index in [4.69, 9.17) is 9.47 Å². The van der Waals surface area contributed by atoms with Gasteiger partial charge in [0.15, 0.2) is 5.75 Å². The van der Waals surface area contributed by atoms with Gasteiger partial charge in [-0.1, -0.05) is 11.8 Å². The third kappa shape index (κ3) is 4.61. The number of nitro benzene ring substituents is 1. The highest BCUT2D eigenvalue weighted by Crippen LogP contribution is 2.38. The molecule has 144 valence electrons. The van der Waals surface area contributed by atoms with Crippen molar-refractivity contribution < 1.29 is 14.4 Å². The molecule has 2 rings (SSSR count). The van der Waals surface area contributed by atoms with Crippen LogP contribution in [0.1, 0.15) is 25.1 Å². The predicted molar refractivity (Wildman–Crippen MR) is 101 cm³/mol. The average Bonchev–Trinajstić information content (AvgIpc) is 2.62. The van der Waals surface area contributed by atoms with Crippen molar-refractivity contribution in [1.29, 1.82) is 0 Å². The molecule has 0 unspecified atom stereocenters. The second-order valence-corrected chi connectivity index (χ2v) is 6.40. The lowest BCUT2D eigenvalue weighted by molar-refractivity contribution is -0.386. The number of rotatable bonds is 7. The van der Waals surface area contributed by atoms with Gasteiger partial charge in [-0.15, -0.1) is 10.2 Å². The van der Waals surface area contributed by atoms with E-state index in [1.165, 1.54) is 38.1 Å². The van der Waals surface area contributed by atoms with Gasteiger partial charge in [-0.2, -0.15) is 9.78 Å². The second-order valence-electron chi connectivity index (χ2n) is 5.63. The van der Waals surface area contributed by atoms with Crippen LogP contribution >= 0.6 is 11.8 Å². The molecule has 0 N–H and O–H groups in total. The highest BCUT2D eigenvalue weighted by molar-refractivity contribution is 7.98. The Morgan fingerprint density at radius 1 is 1.37 bits per heavy atom. The smallest absolute Gasteiger partial charge is 0.315 e. The fourth-order valence-corrected chi connectivity index (χ4v) is 2.55. The molecular weight excluding hydrogens is 374 g/mol. The number of nitrogens with zero attached hydrogens (tertiary/aromatic N) is 5. The van der Waals surface area contributed by atoms with Crippen molar-refractivity contribution in [3.8, 4) is 11.5 Å². The molecule has 1 aromatic carbocycles. The van der Waals surface area contributed by atoms with Crippen LogP contribution in [0.15, 0.2) is 27.2 Å². The van der Waals surface area contributed by atoms with Crippen molar-refractivity contribution in [3.63, 3.8) is 0 Å². The first-order valence-corrected chi connectivity index (χ1v) is 9.08. The Balaban J connectivity index is 2.56. The van der Waals surface area contributed by atoms with E-state index in [0.29, 0.717) is 10.7 Å². The average molecular weight is 393 g/mol. The number of thioether (sulfide) groups is 1. The minimum Gasteiger partial charge on any atom is -0.493 e. The summed E-state index contributed by atoms with van der Waals surface area (Å²) in [7, 11) is 1.39. The summed E-state index contributed by atoms with van der Waals surface area (Å²) in [5.74, 6) is 0.235. The maximum Gasteiger partial charge on any atom is 0.315 e. The highest BCUT2D eigenvalue weighted by atomic mass is 32.2. The maximum absolute atomic E-state index is 12.2. The molecule has 0 saturated heterocycles. The van der Waals surface area contributed by atoms with Crippen LogP contribution in [-0.2, 0) is 0 Å². The van der Waals surface area contributed by atoms with E-state index in [2.05, 4.69) is 15.3 Å². The molecule has 0 aliphatic carbocycles. The summed E-state index contributed by atoms with van der Waals surface area (Å²) in [6, 6.07) is 2.84. The summed E-state index contributed by atoms with van der Waals surface area (Å²) < 4.78 is 11.8. The van der Waals surface area contributed by atoms with E-state index in [9.17, 15) is 14.9 Å². The zero-order valence-electron chi connectivity index (χ0n) is 15.5. The SMILES string of the molecule is COc1cc(/C=N\n2c(SC)nnc(C)c2=O)cc([N+](=O)[O-])c1OC(C)C. The van der Waals surface area contributed by atoms with Crippen LogP contribution in [0.25, 0.3) is 0 Å². The number of ether oxygens (including phenoxy) is 2. The molecular formula is C16H19N5O5S. The Morgan fingerprint density at radius 2 is 2.07 bits per heavy atom. The fraction of sp³-hybridized carbons (Fsp3) is 0.375. The predicted octanol–water partition coefficient (Wildman–Crippen LogP) is 2.25. The lowest BCUT2D eigenvalue weighted by atomic mass is 10.2. The van der Waals surface area contributed by atoms with Crippen LogP contribution in [0.5, 0.6) is 11.5 Å². The van der Waals surface area contributed by atoms with Crippen molar-refractivity contribution in [2.75, 3.05) is 13.4 Å². The van der Waals surface area contributed by atoms with E-state index in [0.717, 1.165) is 4.68 Å². The number of nitro groups is 1. The number of methoxy groups -OCH3 is 1.